The molecule has 0 radical (unpaired) electrons. The summed E-state index contributed by atoms with van der Waals surface area (Å²) in [5.41, 5.74) is 3.21. The minimum absolute atomic E-state index is 0.0953. The van der Waals surface area contributed by atoms with Gasteiger partial charge in [-0.3, -0.25) is 4.79 Å². The maximum atomic E-state index is 11.7. The van der Waals surface area contributed by atoms with E-state index in [2.05, 4.69) is 22.5 Å². The molecule has 2 N–H and O–H groups in total. The highest BCUT2D eigenvalue weighted by Crippen LogP contribution is 2.30. The molecular weight excluding hydrogens is 288 g/mol. The van der Waals surface area contributed by atoms with E-state index in [-0.39, 0.29) is 17.9 Å². The molecule has 1 aliphatic carbocycles. The highest BCUT2D eigenvalue weighted by molar-refractivity contribution is 5.94. The Morgan fingerprint density at radius 2 is 1.91 bits per heavy atom. The lowest BCUT2D eigenvalue weighted by molar-refractivity contribution is -0.117. The first-order valence-corrected chi connectivity index (χ1v) is 7.69. The second-order valence-corrected chi connectivity index (χ2v) is 5.80. The van der Waals surface area contributed by atoms with Crippen LogP contribution in [0.1, 0.15) is 37.1 Å². The van der Waals surface area contributed by atoms with Crippen LogP contribution in [-0.4, -0.2) is 10.9 Å². The molecule has 23 heavy (non-hydrogen) atoms. The molecule has 1 fully saturated rings. The van der Waals surface area contributed by atoms with Gasteiger partial charge in [-0.2, -0.15) is 5.26 Å². The summed E-state index contributed by atoms with van der Waals surface area (Å²) >= 11 is 0. The minimum Gasteiger partial charge on any atom is -0.377 e. The quantitative estimate of drug-likeness (QED) is 0.886. The number of carbonyl (C=O) groups is 1. The van der Waals surface area contributed by atoms with Gasteiger partial charge in [-0.25, -0.2) is 4.98 Å². The van der Waals surface area contributed by atoms with Crippen LogP contribution in [0.15, 0.2) is 42.6 Å². The Kier molecular flexibility index (Phi) is 4.24. The smallest absolute Gasteiger partial charge is 0.227 e. The molecule has 1 unspecified atom stereocenters. The number of hydrogen-bond acceptors (Lipinski definition) is 4. The third-order valence-electron chi connectivity index (χ3n) is 3.89. The van der Waals surface area contributed by atoms with Gasteiger partial charge < -0.3 is 10.6 Å². The number of carbonyl (C=O) groups excluding carboxylic acids is 1. The molecule has 1 heterocycles. The van der Waals surface area contributed by atoms with Crippen molar-refractivity contribution in [2.45, 2.75) is 25.8 Å². The molecule has 0 bridgehead atoms. The molecule has 5 heteroatoms. The Morgan fingerprint density at radius 1 is 1.22 bits per heavy atom. The summed E-state index contributed by atoms with van der Waals surface area (Å²) in [6.07, 6.45) is 3.66. The summed E-state index contributed by atoms with van der Waals surface area (Å²) in [5, 5.41) is 15.0. The van der Waals surface area contributed by atoms with Crippen LogP contribution in [0, 0.1) is 17.2 Å². The summed E-state index contributed by atoms with van der Waals surface area (Å²) in [7, 11) is 0. The maximum Gasteiger partial charge on any atom is 0.227 e. The Labute approximate surface area is 135 Å². The first-order chi connectivity index (χ1) is 11.2. The van der Waals surface area contributed by atoms with Gasteiger partial charge in [0.25, 0.3) is 0 Å². The fourth-order valence-electron chi connectivity index (χ4n) is 2.32. The average Bonchev–Trinajstić information content (AvgIpc) is 3.41. The van der Waals surface area contributed by atoms with Crippen LogP contribution in [0.2, 0.25) is 0 Å². The fourth-order valence-corrected chi connectivity index (χ4v) is 2.32. The number of nitrogens with one attached hydrogen (secondary N) is 2. The van der Waals surface area contributed by atoms with Gasteiger partial charge in [-0.05, 0) is 49.6 Å². The second kappa shape index (κ2) is 6.49. The van der Waals surface area contributed by atoms with E-state index in [1.165, 1.54) is 0 Å². The van der Waals surface area contributed by atoms with Gasteiger partial charge in [0.2, 0.25) is 5.91 Å². The molecule has 1 aromatic carbocycles. The largest absolute Gasteiger partial charge is 0.377 e. The molecule has 0 aliphatic heterocycles. The Bertz CT molecular complexity index is 727. The van der Waals surface area contributed by atoms with Crippen molar-refractivity contribution in [3.05, 3.63) is 53.9 Å². The number of anilines is 2. The van der Waals surface area contributed by atoms with Gasteiger partial charge >= 0.3 is 0 Å². The van der Waals surface area contributed by atoms with Gasteiger partial charge in [0.05, 0.1) is 11.9 Å². The SMILES string of the molecule is CC(Nc1ccc(C#N)nc1)c1ccc(NC(=O)C2CC2)cc1. The van der Waals surface area contributed by atoms with Crippen molar-refractivity contribution in [3.8, 4) is 6.07 Å². The number of nitrogens with zero attached hydrogens (tertiary/aromatic N) is 2. The van der Waals surface area contributed by atoms with Gasteiger partial charge in [-0.1, -0.05) is 12.1 Å². The first kappa shape index (κ1) is 15.0. The van der Waals surface area contributed by atoms with Gasteiger partial charge in [-0.15, -0.1) is 0 Å². The van der Waals surface area contributed by atoms with Gasteiger partial charge in [0.1, 0.15) is 11.8 Å². The van der Waals surface area contributed by atoms with Crippen molar-refractivity contribution in [2.75, 3.05) is 10.6 Å². The molecule has 0 spiro atoms. The molecular formula is C18H18N4O. The van der Waals surface area contributed by atoms with E-state index in [9.17, 15) is 4.79 Å². The third-order valence-corrected chi connectivity index (χ3v) is 3.89. The molecule has 0 saturated heterocycles. The summed E-state index contributed by atoms with van der Waals surface area (Å²) in [5.74, 6) is 0.326. The van der Waals surface area contributed by atoms with Crippen LogP contribution >= 0.6 is 0 Å². The van der Waals surface area contributed by atoms with Crippen LogP contribution in [0.3, 0.4) is 0 Å². The number of hydrogen-bond donors (Lipinski definition) is 2. The van der Waals surface area contributed by atoms with Crippen LogP contribution in [-0.2, 0) is 4.79 Å². The number of amides is 1. The van der Waals surface area contributed by atoms with Gasteiger partial charge in [0.15, 0.2) is 0 Å². The second-order valence-electron chi connectivity index (χ2n) is 5.80. The molecule has 5 nitrogen and oxygen atoms in total. The summed E-state index contributed by atoms with van der Waals surface area (Å²) in [6.45, 7) is 2.05. The standard InChI is InChI=1S/C18H18N4O/c1-12(21-17-9-8-16(10-19)20-11-17)13-4-6-15(7-5-13)22-18(23)14-2-3-14/h4-9,11-12,14,21H,2-3H2,1H3,(H,22,23). The minimum atomic E-state index is 0.0953. The lowest BCUT2D eigenvalue weighted by Crippen LogP contribution is -2.13. The number of aromatic nitrogens is 1. The topological polar surface area (TPSA) is 77.8 Å². The summed E-state index contributed by atoms with van der Waals surface area (Å²) < 4.78 is 0. The van der Waals surface area contributed by atoms with Crippen LogP contribution in [0.25, 0.3) is 0 Å². The summed E-state index contributed by atoms with van der Waals surface area (Å²) in [4.78, 5) is 15.8. The third kappa shape index (κ3) is 3.86. The van der Waals surface area contributed by atoms with E-state index in [0.717, 1.165) is 29.8 Å². The average molecular weight is 306 g/mol. The predicted octanol–water partition coefficient (Wildman–Crippen LogP) is 3.47. The lowest BCUT2D eigenvalue weighted by Gasteiger charge is -2.16. The van der Waals surface area contributed by atoms with E-state index >= 15 is 0 Å². The molecule has 1 saturated carbocycles. The molecule has 1 aromatic heterocycles. The number of benzene rings is 1. The van der Waals surface area contributed by atoms with Crippen LogP contribution in [0.5, 0.6) is 0 Å². The van der Waals surface area contributed by atoms with Crippen LogP contribution in [0.4, 0.5) is 11.4 Å². The molecule has 3 rings (SSSR count). The zero-order valence-electron chi connectivity index (χ0n) is 12.9. The molecule has 2 aromatic rings. The van der Waals surface area contributed by atoms with Crippen molar-refractivity contribution in [2.24, 2.45) is 5.92 Å². The lowest BCUT2D eigenvalue weighted by atomic mass is 10.1. The van der Waals surface area contributed by atoms with E-state index in [0.29, 0.717) is 5.69 Å². The Balaban J connectivity index is 1.61. The fraction of sp³-hybridized carbons (Fsp3) is 0.278. The first-order valence-electron chi connectivity index (χ1n) is 7.69. The Morgan fingerprint density at radius 3 is 2.48 bits per heavy atom. The Hall–Kier alpha value is -2.87. The van der Waals surface area contributed by atoms with Crippen molar-refractivity contribution >= 4 is 17.3 Å². The van der Waals surface area contributed by atoms with E-state index < -0.39 is 0 Å². The number of rotatable bonds is 5. The van der Waals surface area contributed by atoms with E-state index in [4.69, 9.17) is 5.26 Å². The van der Waals surface area contributed by atoms with Crippen molar-refractivity contribution < 1.29 is 4.79 Å². The van der Waals surface area contributed by atoms with Crippen molar-refractivity contribution in [1.82, 2.24) is 4.98 Å². The highest BCUT2D eigenvalue weighted by atomic mass is 16.2. The monoisotopic (exact) mass is 306 g/mol. The number of pyridine rings is 1. The van der Waals surface area contributed by atoms with Crippen molar-refractivity contribution in [3.63, 3.8) is 0 Å². The van der Waals surface area contributed by atoms with Crippen molar-refractivity contribution in [1.29, 1.82) is 5.26 Å². The number of nitriles is 1. The molecule has 1 amide bonds. The predicted molar refractivity (Wildman–Crippen MR) is 88.8 cm³/mol. The normalized spacial score (nSPS) is 14.6. The van der Waals surface area contributed by atoms with E-state index in [1.807, 2.05) is 36.4 Å². The molecule has 116 valence electrons. The molecule has 1 atom stereocenters. The zero-order chi connectivity index (χ0) is 16.2. The van der Waals surface area contributed by atoms with E-state index in [1.54, 1.807) is 12.3 Å². The highest BCUT2D eigenvalue weighted by Gasteiger charge is 2.29. The maximum absolute atomic E-state index is 11.7. The zero-order valence-corrected chi connectivity index (χ0v) is 12.9. The molecule has 1 aliphatic rings. The summed E-state index contributed by atoms with van der Waals surface area (Å²) in [6, 6.07) is 13.5. The van der Waals surface area contributed by atoms with Crippen LogP contribution < -0.4 is 10.6 Å². The van der Waals surface area contributed by atoms with Gasteiger partial charge in [0, 0.05) is 17.6 Å².